The van der Waals surface area contributed by atoms with Gasteiger partial charge in [-0.1, -0.05) is 72.4 Å². The number of halogens is 4. The SMILES string of the molecule is CCC(C)Nc1cc(C)cc(COc2c(Cl)cc(CC(=O)OC(=O)CNC(=O)c3cc(Cl)c(OCc4cc(C)cc(NC(C)CC)c4)c(Cl)c3)cc2Cl)c1. The molecule has 4 aromatic carbocycles. The maximum Gasteiger partial charge on any atom is 0.333 e. The zero-order valence-electron chi connectivity index (χ0n) is 31.1. The first-order valence-electron chi connectivity index (χ1n) is 17.6. The molecular weight excluding hydrogens is 772 g/mol. The number of hydrogen-bond donors (Lipinski definition) is 3. The summed E-state index contributed by atoms with van der Waals surface area (Å²) in [5.74, 6) is -2.00. The number of nitrogens with one attached hydrogen (secondary N) is 3. The smallest absolute Gasteiger partial charge is 0.333 e. The fourth-order valence-corrected chi connectivity index (χ4v) is 6.68. The first-order valence-corrected chi connectivity index (χ1v) is 19.1. The van der Waals surface area contributed by atoms with Gasteiger partial charge in [-0.05, 0) is 117 Å². The van der Waals surface area contributed by atoms with Gasteiger partial charge in [-0.15, -0.1) is 0 Å². The van der Waals surface area contributed by atoms with Crippen LogP contribution in [0.4, 0.5) is 11.4 Å². The van der Waals surface area contributed by atoms with Crippen LogP contribution in [0.25, 0.3) is 0 Å². The van der Waals surface area contributed by atoms with Crippen LogP contribution >= 0.6 is 46.4 Å². The van der Waals surface area contributed by atoms with Crippen molar-refractivity contribution < 1.29 is 28.6 Å². The van der Waals surface area contributed by atoms with Crippen LogP contribution < -0.4 is 25.4 Å². The molecule has 4 aromatic rings. The van der Waals surface area contributed by atoms with Gasteiger partial charge in [-0.2, -0.15) is 0 Å². The van der Waals surface area contributed by atoms with Gasteiger partial charge in [-0.3, -0.25) is 9.59 Å². The molecule has 1 amide bonds. The van der Waals surface area contributed by atoms with Crippen molar-refractivity contribution in [3.05, 3.63) is 114 Å². The molecular formula is C41H45Cl4N3O6. The van der Waals surface area contributed by atoms with Crippen LogP contribution in [0.5, 0.6) is 11.5 Å². The summed E-state index contributed by atoms with van der Waals surface area (Å²) in [6.07, 6.45) is 1.67. The molecule has 3 N–H and O–H groups in total. The number of amides is 1. The number of carbonyl (C=O) groups excluding carboxylic acids is 3. The third kappa shape index (κ3) is 12.7. The molecule has 0 aliphatic rings. The zero-order chi connectivity index (χ0) is 39.5. The summed E-state index contributed by atoms with van der Waals surface area (Å²) in [6.45, 7) is 12.3. The summed E-state index contributed by atoms with van der Waals surface area (Å²) in [7, 11) is 0. The van der Waals surface area contributed by atoms with E-state index in [4.69, 9.17) is 60.6 Å². The highest BCUT2D eigenvalue weighted by molar-refractivity contribution is 6.38. The zero-order valence-corrected chi connectivity index (χ0v) is 34.2. The number of aryl methyl sites for hydroxylation is 2. The maximum absolute atomic E-state index is 12.8. The van der Waals surface area contributed by atoms with Crippen molar-refractivity contribution in [2.24, 2.45) is 0 Å². The van der Waals surface area contributed by atoms with Gasteiger partial charge in [0, 0.05) is 29.0 Å². The van der Waals surface area contributed by atoms with Crippen LogP contribution in [0.1, 0.15) is 78.7 Å². The maximum atomic E-state index is 12.8. The molecule has 9 nitrogen and oxygen atoms in total. The predicted molar refractivity (Wildman–Crippen MR) is 218 cm³/mol. The minimum atomic E-state index is -0.969. The van der Waals surface area contributed by atoms with Crippen molar-refractivity contribution in [2.45, 2.75) is 86.1 Å². The summed E-state index contributed by atoms with van der Waals surface area (Å²) < 4.78 is 16.8. The van der Waals surface area contributed by atoms with Crippen LogP contribution in [0.2, 0.25) is 20.1 Å². The fraction of sp³-hybridized carbons (Fsp3) is 0.341. The molecule has 0 aromatic heterocycles. The highest BCUT2D eigenvalue weighted by atomic mass is 35.5. The van der Waals surface area contributed by atoms with E-state index in [1.54, 1.807) is 0 Å². The van der Waals surface area contributed by atoms with Crippen LogP contribution in [0.15, 0.2) is 60.7 Å². The molecule has 0 bridgehead atoms. The molecule has 4 rings (SSSR count). The van der Waals surface area contributed by atoms with Crippen molar-refractivity contribution in [3.8, 4) is 11.5 Å². The van der Waals surface area contributed by atoms with Crippen LogP contribution in [-0.2, 0) is 34.0 Å². The molecule has 0 saturated carbocycles. The fourth-order valence-electron chi connectivity index (χ4n) is 5.44. The van der Waals surface area contributed by atoms with Crippen molar-refractivity contribution in [2.75, 3.05) is 17.2 Å². The van der Waals surface area contributed by atoms with Gasteiger partial charge in [0.2, 0.25) is 0 Å². The van der Waals surface area contributed by atoms with Crippen LogP contribution in [0.3, 0.4) is 0 Å². The third-order valence-corrected chi connectivity index (χ3v) is 9.50. The topological polar surface area (TPSA) is 115 Å². The Morgan fingerprint density at radius 2 is 1.06 bits per heavy atom. The van der Waals surface area contributed by atoms with Crippen molar-refractivity contribution in [3.63, 3.8) is 0 Å². The minimum Gasteiger partial charge on any atom is -0.486 e. The predicted octanol–water partition coefficient (Wildman–Crippen LogP) is 10.5. The lowest BCUT2D eigenvalue weighted by Gasteiger charge is -2.16. The average Bonchev–Trinajstić information content (AvgIpc) is 3.09. The molecule has 0 aliphatic carbocycles. The number of hydrogen-bond acceptors (Lipinski definition) is 8. The Labute approximate surface area is 336 Å². The van der Waals surface area contributed by atoms with Crippen molar-refractivity contribution in [1.29, 1.82) is 0 Å². The van der Waals surface area contributed by atoms with E-state index in [0.29, 0.717) is 17.6 Å². The van der Waals surface area contributed by atoms with Gasteiger partial charge in [0.25, 0.3) is 5.91 Å². The van der Waals surface area contributed by atoms with E-state index in [9.17, 15) is 14.4 Å². The van der Waals surface area contributed by atoms with Crippen LogP contribution in [0, 0.1) is 13.8 Å². The van der Waals surface area contributed by atoms with E-state index in [2.05, 4.69) is 55.8 Å². The molecule has 0 aliphatic heterocycles. The minimum absolute atomic E-state index is 0.0873. The number of carbonyl (C=O) groups is 3. The number of ether oxygens (including phenoxy) is 3. The lowest BCUT2D eigenvalue weighted by atomic mass is 10.1. The molecule has 2 unspecified atom stereocenters. The second-order valence-electron chi connectivity index (χ2n) is 13.3. The normalized spacial score (nSPS) is 12.0. The molecule has 0 heterocycles. The lowest BCUT2D eigenvalue weighted by molar-refractivity contribution is -0.158. The standard InChI is InChI=1S/C41H45Cl4N3O6/c1-7-25(5)47-31-11-23(3)9-28(13-31)21-52-39-33(42)15-27(16-34(39)43)17-37(49)54-38(50)20-46-41(51)30-18-35(44)40(36(45)19-30)53-22-29-10-24(4)12-32(14-29)48-26(6)8-2/h9-16,18-19,25-26,47-48H,7-8,17,20-22H2,1-6H3,(H,46,51). The Balaban J connectivity index is 1.27. The molecule has 0 radical (unpaired) electrons. The Bertz CT molecular complexity index is 1940. The van der Waals surface area contributed by atoms with E-state index >= 15 is 0 Å². The van der Waals surface area contributed by atoms with Crippen molar-refractivity contribution >= 4 is 75.6 Å². The van der Waals surface area contributed by atoms with E-state index in [1.165, 1.54) is 24.3 Å². The summed E-state index contributed by atoms with van der Waals surface area (Å²) in [5.41, 5.74) is 6.47. The van der Waals surface area contributed by atoms with Crippen molar-refractivity contribution in [1.82, 2.24) is 5.32 Å². The Morgan fingerprint density at radius 1 is 0.611 bits per heavy atom. The Morgan fingerprint density at radius 3 is 1.50 bits per heavy atom. The second-order valence-corrected chi connectivity index (χ2v) is 14.9. The molecule has 0 saturated heterocycles. The molecule has 54 heavy (non-hydrogen) atoms. The summed E-state index contributed by atoms with van der Waals surface area (Å²) in [4.78, 5) is 37.8. The van der Waals surface area contributed by atoms with E-state index in [-0.39, 0.29) is 56.8 Å². The highest BCUT2D eigenvalue weighted by Crippen LogP contribution is 2.36. The number of esters is 2. The van der Waals surface area contributed by atoms with E-state index in [0.717, 1.165) is 46.5 Å². The number of rotatable bonds is 17. The second kappa shape index (κ2) is 20.0. The van der Waals surface area contributed by atoms with Gasteiger partial charge in [0.05, 0.1) is 26.5 Å². The summed E-state index contributed by atoms with van der Waals surface area (Å²) in [6, 6.07) is 18.6. The van der Waals surface area contributed by atoms with Gasteiger partial charge in [0.1, 0.15) is 19.8 Å². The summed E-state index contributed by atoms with van der Waals surface area (Å²) >= 11 is 25.8. The molecule has 0 fully saturated rings. The first kappa shape index (κ1) is 42.6. The van der Waals surface area contributed by atoms with Crippen LogP contribution in [-0.4, -0.2) is 36.5 Å². The van der Waals surface area contributed by atoms with Gasteiger partial charge >= 0.3 is 11.9 Å². The van der Waals surface area contributed by atoms with Gasteiger partial charge in [0.15, 0.2) is 11.5 Å². The summed E-state index contributed by atoms with van der Waals surface area (Å²) in [5, 5.41) is 9.95. The Hall–Kier alpha value is -4.15. The van der Waals surface area contributed by atoms with E-state index in [1.807, 2.05) is 38.1 Å². The molecule has 2 atom stereocenters. The third-order valence-electron chi connectivity index (χ3n) is 8.38. The number of anilines is 2. The number of benzene rings is 4. The van der Waals surface area contributed by atoms with E-state index < -0.39 is 24.4 Å². The molecule has 0 spiro atoms. The molecule has 13 heteroatoms. The van der Waals surface area contributed by atoms with Gasteiger partial charge in [-0.25, -0.2) is 4.79 Å². The quantitative estimate of drug-likeness (QED) is 0.0713. The average molecular weight is 818 g/mol. The van der Waals surface area contributed by atoms with Gasteiger partial charge < -0.3 is 30.2 Å². The Kier molecular flexibility index (Phi) is 15.7. The lowest BCUT2D eigenvalue weighted by Crippen LogP contribution is -2.32. The monoisotopic (exact) mass is 815 g/mol. The largest absolute Gasteiger partial charge is 0.486 e. The highest BCUT2D eigenvalue weighted by Gasteiger charge is 2.19. The first-order chi connectivity index (χ1) is 25.6. The molecule has 288 valence electrons.